The third-order valence-corrected chi connectivity index (χ3v) is 4.67. The predicted octanol–water partition coefficient (Wildman–Crippen LogP) is 4.05. The van der Waals surface area contributed by atoms with Crippen molar-refractivity contribution in [3.63, 3.8) is 0 Å². The second kappa shape index (κ2) is 6.93. The molecule has 1 fully saturated rings. The molecule has 3 N–H and O–H groups in total. The van der Waals surface area contributed by atoms with Gasteiger partial charge < -0.3 is 11.1 Å². The lowest BCUT2D eigenvalue weighted by molar-refractivity contribution is 0.353. The fraction of sp³-hybridized carbons (Fsp3) is 0.684. The molecular weight excluding hydrogens is 256 g/mol. The van der Waals surface area contributed by atoms with Crippen LogP contribution >= 0.6 is 0 Å². The van der Waals surface area contributed by atoms with E-state index < -0.39 is 0 Å². The molecule has 0 radical (unpaired) electrons. The number of benzene rings is 1. The lowest BCUT2D eigenvalue weighted by atomic mass is 9.91. The van der Waals surface area contributed by atoms with Crippen LogP contribution in [0, 0.1) is 11.3 Å². The maximum absolute atomic E-state index is 6.01. The van der Waals surface area contributed by atoms with E-state index in [1.807, 2.05) is 0 Å². The molecular formula is C19H32N2. The highest BCUT2D eigenvalue weighted by molar-refractivity contribution is 5.25. The first-order valence-corrected chi connectivity index (χ1v) is 8.44. The van der Waals surface area contributed by atoms with Crippen LogP contribution in [0.4, 0.5) is 0 Å². The Bertz CT molecular complexity index is 433. The highest BCUT2D eigenvalue weighted by atomic mass is 15.0. The highest BCUT2D eigenvalue weighted by Gasteiger charge is 2.31. The monoisotopic (exact) mass is 288 g/mol. The number of hydrogen-bond donors (Lipinski definition) is 2. The summed E-state index contributed by atoms with van der Waals surface area (Å²) in [4.78, 5) is 0. The van der Waals surface area contributed by atoms with Gasteiger partial charge in [0.1, 0.15) is 0 Å². The van der Waals surface area contributed by atoms with Crippen LogP contribution in [-0.2, 0) is 6.42 Å². The molecule has 0 bridgehead atoms. The molecule has 0 heterocycles. The Kier molecular flexibility index (Phi) is 5.45. The van der Waals surface area contributed by atoms with E-state index in [-0.39, 0.29) is 6.04 Å². The van der Waals surface area contributed by atoms with Gasteiger partial charge >= 0.3 is 0 Å². The standard InChI is InChI=1S/C19H32N2/c1-14(2)11-15-5-7-16(8-6-15)18(13-20)21-17-9-10-19(3,4)12-17/h5-8,14,17-18,21H,9-13,20H2,1-4H3. The van der Waals surface area contributed by atoms with E-state index in [0.717, 1.165) is 6.42 Å². The lowest BCUT2D eigenvalue weighted by Gasteiger charge is -2.24. The molecule has 2 unspecified atom stereocenters. The first kappa shape index (κ1) is 16.5. The molecule has 1 aromatic carbocycles. The van der Waals surface area contributed by atoms with Crippen LogP contribution in [0.3, 0.4) is 0 Å². The number of hydrogen-bond acceptors (Lipinski definition) is 2. The first-order chi connectivity index (χ1) is 9.89. The molecule has 1 aliphatic carbocycles. The van der Waals surface area contributed by atoms with Gasteiger partial charge in [-0.05, 0) is 48.1 Å². The van der Waals surface area contributed by atoms with Crippen molar-refractivity contribution < 1.29 is 0 Å². The highest BCUT2D eigenvalue weighted by Crippen LogP contribution is 2.37. The van der Waals surface area contributed by atoms with Crippen molar-refractivity contribution in [2.24, 2.45) is 17.1 Å². The van der Waals surface area contributed by atoms with Crippen LogP contribution < -0.4 is 11.1 Å². The molecule has 1 aromatic rings. The Morgan fingerprint density at radius 3 is 2.38 bits per heavy atom. The van der Waals surface area contributed by atoms with Gasteiger partial charge in [-0.25, -0.2) is 0 Å². The third kappa shape index (κ3) is 4.82. The molecule has 2 nitrogen and oxygen atoms in total. The van der Waals surface area contributed by atoms with Gasteiger partial charge in [-0.3, -0.25) is 0 Å². The van der Waals surface area contributed by atoms with Crippen molar-refractivity contribution in [2.45, 2.75) is 65.5 Å². The summed E-state index contributed by atoms with van der Waals surface area (Å²) in [7, 11) is 0. The van der Waals surface area contributed by atoms with Crippen molar-refractivity contribution in [3.8, 4) is 0 Å². The van der Waals surface area contributed by atoms with E-state index in [0.29, 0.717) is 23.9 Å². The summed E-state index contributed by atoms with van der Waals surface area (Å²) in [5.41, 5.74) is 9.24. The van der Waals surface area contributed by atoms with Gasteiger partial charge in [-0.1, -0.05) is 52.0 Å². The Labute approximate surface area is 130 Å². The van der Waals surface area contributed by atoms with Crippen molar-refractivity contribution in [3.05, 3.63) is 35.4 Å². The normalized spacial score (nSPS) is 22.7. The van der Waals surface area contributed by atoms with Gasteiger partial charge in [0.15, 0.2) is 0 Å². The zero-order chi connectivity index (χ0) is 15.5. The predicted molar refractivity (Wildman–Crippen MR) is 91.3 cm³/mol. The number of nitrogens with one attached hydrogen (secondary N) is 1. The molecule has 0 amide bonds. The van der Waals surface area contributed by atoms with Gasteiger partial charge in [0.05, 0.1) is 0 Å². The Morgan fingerprint density at radius 2 is 1.90 bits per heavy atom. The molecule has 1 saturated carbocycles. The summed E-state index contributed by atoms with van der Waals surface area (Å²) in [5, 5.41) is 3.77. The van der Waals surface area contributed by atoms with Crippen molar-refractivity contribution in [2.75, 3.05) is 6.54 Å². The van der Waals surface area contributed by atoms with Gasteiger partial charge in [-0.2, -0.15) is 0 Å². The van der Waals surface area contributed by atoms with Crippen molar-refractivity contribution in [1.29, 1.82) is 0 Å². The van der Waals surface area contributed by atoms with E-state index in [4.69, 9.17) is 5.73 Å². The fourth-order valence-corrected chi connectivity index (χ4v) is 3.52. The average molecular weight is 288 g/mol. The third-order valence-electron chi connectivity index (χ3n) is 4.67. The molecule has 118 valence electrons. The Balaban J connectivity index is 1.97. The summed E-state index contributed by atoms with van der Waals surface area (Å²) in [6, 6.07) is 9.93. The van der Waals surface area contributed by atoms with E-state index in [9.17, 15) is 0 Å². The molecule has 2 atom stereocenters. The molecule has 2 rings (SSSR count). The van der Waals surface area contributed by atoms with Crippen LogP contribution in [0.1, 0.15) is 64.1 Å². The number of rotatable bonds is 6. The minimum Gasteiger partial charge on any atom is -0.329 e. The van der Waals surface area contributed by atoms with E-state index in [1.54, 1.807) is 0 Å². The second-order valence-electron chi connectivity index (χ2n) is 7.90. The van der Waals surface area contributed by atoms with Crippen LogP contribution in [0.5, 0.6) is 0 Å². The minimum absolute atomic E-state index is 0.289. The van der Waals surface area contributed by atoms with Crippen LogP contribution in [0.25, 0.3) is 0 Å². The maximum Gasteiger partial charge on any atom is 0.0446 e. The van der Waals surface area contributed by atoms with Gasteiger partial charge in [-0.15, -0.1) is 0 Å². The van der Waals surface area contributed by atoms with Gasteiger partial charge in [0.2, 0.25) is 0 Å². The molecule has 0 spiro atoms. The smallest absolute Gasteiger partial charge is 0.0446 e. The Hall–Kier alpha value is -0.860. The van der Waals surface area contributed by atoms with Crippen molar-refractivity contribution >= 4 is 0 Å². The van der Waals surface area contributed by atoms with Crippen molar-refractivity contribution in [1.82, 2.24) is 5.32 Å². The topological polar surface area (TPSA) is 38.0 Å². The molecule has 0 aromatic heterocycles. The average Bonchev–Trinajstić information content (AvgIpc) is 2.76. The molecule has 21 heavy (non-hydrogen) atoms. The second-order valence-corrected chi connectivity index (χ2v) is 7.90. The molecule has 0 saturated heterocycles. The van der Waals surface area contributed by atoms with Gasteiger partial charge in [0, 0.05) is 18.6 Å². The SMILES string of the molecule is CC(C)Cc1ccc(C(CN)NC2CCC(C)(C)C2)cc1. The maximum atomic E-state index is 6.01. The largest absolute Gasteiger partial charge is 0.329 e. The summed E-state index contributed by atoms with van der Waals surface area (Å²) in [5.74, 6) is 0.708. The Morgan fingerprint density at radius 1 is 1.24 bits per heavy atom. The van der Waals surface area contributed by atoms with E-state index >= 15 is 0 Å². The zero-order valence-corrected chi connectivity index (χ0v) is 14.2. The molecule has 2 heteroatoms. The minimum atomic E-state index is 0.289. The first-order valence-electron chi connectivity index (χ1n) is 8.44. The fourth-order valence-electron chi connectivity index (χ4n) is 3.52. The summed E-state index contributed by atoms with van der Waals surface area (Å²) in [6.07, 6.45) is 5.00. The van der Waals surface area contributed by atoms with E-state index in [1.165, 1.54) is 30.4 Å². The van der Waals surface area contributed by atoms with Gasteiger partial charge in [0.25, 0.3) is 0 Å². The summed E-state index contributed by atoms with van der Waals surface area (Å²) >= 11 is 0. The molecule has 1 aliphatic rings. The van der Waals surface area contributed by atoms with Crippen LogP contribution in [-0.4, -0.2) is 12.6 Å². The molecule has 0 aliphatic heterocycles. The lowest BCUT2D eigenvalue weighted by Crippen LogP contribution is -2.35. The summed E-state index contributed by atoms with van der Waals surface area (Å²) in [6.45, 7) is 9.93. The summed E-state index contributed by atoms with van der Waals surface area (Å²) < 4.78 is 0. The number of nitrogens with two attached hydrogens (primary N) is 1. The zero-order valence-electron chi connectivity index (χ0n) is 14.2. The quantitative estimate of drug-likeness (QED) is 0.828. The van der Waals surface area contributed by atoms with Crippen LogP contribution in [0.2, 0.25) is 0 Å². The van der Waals surface area contributed by atoms with Crippen LogP contribution in [0.15, 0.2) is 24.3 Å². The van der Waals surface area contributed by atoms with E-state index in [2.05, 4.69) is 57.3 Å².